The molecule has 3 heterocycles. The van der Waals surface area contributed by atoms with Crippen LogP contribution in [0, 0.1) is 11.6 Å². The van der Waals surface area contributed by atoms with Gasteiger partial charge in [0.15, 0.2) is 5.82 Å². The Morgan fingerprint density at radius 1 is 1.16 bits per heavy atom. The van der Waals surface area contributed by atoms with E-state index in [1.165, 1.54) is 0 Å². The molecule has 0 amide bonds. The molecule has 2 aromatic heterocycles. The van der Waals surface area contributed by atoms with Crippen LogP contribution in [-0.4, -0.2) is 16.5 Å². The minimum absolute atomic E-state index is 0.0143. The van der Waals surface area contributed by atoms with Gasteiger partial charge in [-0.25, -0.2) is 18.7 Å². The molecule has 1 N–H and O–H groups in total. The number of hydrogen-bond acceptors (Lipinski definition) is 4. The van der Waals surface area contributed by atoms with E-state index in [1.54, 1.807) is 11.3 Å². The van der Waals surface area contributed by atoms with Crippen LogP contribution in [0.4, 0.5) is 8.78 Å². The van der Waals surface area contributed by atoms with Gasteiger partial charge in [0.05, 0.1) is 32.5 Å². The Labute approximate surface area is 152 Å². The van der Waals surface area contributed by atoms with E-state index in [0.717, 1.165) is 47.4 Å². The minimum Gasteiger partial charge on any atom is -0.308 e. The summed E-state index contributed by atoms with van der Waals surface area (Å²) in [5, 5.41) is 5.13. The molecule has 1 aliphatic rings. The molecule has 1 atom stereocenters. The van der Waals surface area contributed by atoms with E-state index in [1.807, 2.05) is 11.4 Å². The number of thiophene rings is 1. The molecule has 1 aromatic carbocycles. The fourth-order valence-electron chi connectivity index (χ4n) is 2.92. The van der Waals surface area contributed by atoms with E-state index in [2.05, 4.69) is 27.4 Å². The monoisotopic (exact) mass is 377 g/mol. The second-order valence-electron chi connectivity index (χ2n) is 5.82. The molecule has 0 saturated carbocycles. The second-order valence-corrected chi connectivity index (χ2v) is 7.14. The molecule has 3 aromatic rings. The molecular formula is C18H14ClF2N3S. The molecule has 0 spiro atoms. The molecule has 1 aliphatic heterocycles. The average Bonchev–Trinajstić information content (AvgIpc) is 2.90. The van der Waals surface area contributed by atoms with Crippen molar-refractivity contribution in [2.75, 3.05) is 6.54 Å². The number of aromatic nitrogens is 2. The van der Waals surface area contributed by atoms with Crippen molar-refractivity contribution in [2.45, 2.75) is 18.9 Å². The average molecular weight is 378 g/mol. The van der Waals surface area contributed by atoms with E-state index in [-0.39, 0.29) is 22.5 Å². The lowest BCUT2D eigenvalue weighted by molar-refractivity contribution is 0.549. The van der Waals surface area contributed by atoms with Gasteiger partial charge in [-0.3, -0.25) is 0 Å². The van der Waals surface area contributed by atoms with Crippen LogP contribution in [0.5, 0.6) is 0 Å². The first kappa shape index (κ1) is 16.6. The smallest absolute Gasteiger partial charge is 0.163 e. The van der Waals surface area contributed by atoms with Gasteiger partial charge in [0.2, 0.25) is 0 Å². The zero-order chi connectivity index (χ0) is 17.4. The topological polar surface area (TPSA) is 37.8 Å². The number of halogens is 3. The first-order chi connectivity index (χ1) is 12.1. The van der Waals surface area contributed by atoms with Gasteiger partial charge in [0.25, 0.3) is 0 Å². The zero-order valence-corrected chi connectivity index (χ0v) is 14.7. The van der Waals surface area contributed by atoms with Gasteiger partial charge in [0.1, 0.15) is 11.6 Å². The number of fused-ring (bicyclic) bond motifs is 1. The molecular weight excluding hydrogens is 364 g/mol. The van der Waals surface area contributed by atoms with Crippen LogP contribution in [0.25, 0.3) is 21.6 Å². The molecule has 0 saturated heterocycles. The van der Waals surface area contributed by atoms with Gasteiger partial charge in [0, 0.05) is 0 Å². The first-order valence-corrected chi connectivity index (χ1v) is 9.17. The van der Waals surface area contributed by atoms with Gasteiger partial charge in [-0.05, 0) is 43.0 Å². The molecule has 0 radical (unpaired) electrons. The molecule has 25 heavy (non-hydrogen) atoms. The fraction of sp³-hybridized carbons (Fsp3) is 0.222. The number of benzene rings is 1. The predicted octanol–water partition coefficient (Wildman–Crippen LogP) is 5.27. The number of nitrogens with one attached hydrogen (secondary N) is 1. The third-order valence-corrected chi connectivity index (χ3v) is 5.37. The first-order valence-electron chi connectivity index (χ1n) is 7.92. The van der Waals surface area contributed by atoms with Crippen LogP contribution in [0.1, 0.15) is 24.6 Å². The van der Waals surface area contributed by atoms with Gasteiger partial charge in [-0.2, -0.15) is 0 Å². The molecule has 0 fully saturated rings. The van der Waals surface area contributed by atoms with Gasteiger partial charge in [-0.15, -0.1) is 11.3 Å². The standard InChI is InChI=1S/C18H14ClF2N3S/c19-11-9-12(20)10(8-13(11)21)18-23-15-5-7-25-17(15)16(24-18)14-4-2-1-3-6-22-14/h1-2,5,7-9,14,22H,3-4,6H2. The van der Waals surface area contributed by atoms with Crippen molar-refractivity contribution >= 4 is 33.2 Å². The van der Waals surface area contributed by atoms with E-state index >= 15 is 0 Å². The third-order valence-electron chi connectivity index (χ3n) is 4.15. The van der Waals surface area contributed by atoms with Crippen LogP contribution in [-0.2, 0) is 0 Å². The van der Waals surface area contributed by atoms with E-state index in [4.69, 9.17) is 11.6 Å². The number of rotatable bonds is 2. The third kappa shape index (κ3) is 3.17. The molecule has 4 rings (SSSR count). The molecule has 7 heteroatoms. The van der Waals surface area contributed by atoms with E-state index < -0.39 is 11.6 Å². The summed E-state index contributed by atoms with van der Waals surface area (Å²) < 4.78 is 29.1. The van der Waals surface area contributed by atoms with Crippen LogP contribution in [0.3, 0.4) is 0 Å². The number of hydrogen-bond donors (Lipinski definition) is 1. The summed E-state index contributed by atoms with van der Waals surface area (Å²) >= 11 is 7.20. The van der Waals surface area contributed by atoms with Crippen molar-refractivity contribution in [3.63, 3.8) is 0 Å². The van der Waals surface area contributed by atoms with Gasteiger partial charge < -0.3 is 5.32 Å². The summed E-state index contributed by atoms with van der Waals surface area (Å²) in [7, 11) is 0. The maximum Gasteiger partial charge on any atom is 0.163 e. The molecule has 0 bridgehead atoms. The highest BCUT2D eigenvalue weighted by Gasteiger charge is 2.21. The maximum atomic E-state index is 14.3. The summed E-state index contributed by atoms with van der Waals surface area (Å²) in [6.45, 7) is 0.845. The summed E-state index contributed by atoms with van der Waals surface area (Å²) in [4.78, 5) is 9.01. The summed E-state index contributed by atoms with van der Waals surface area (Å²) in [5.41, 5.74) is 1.56. The summed E-state index contributed by atoms with van der Waals surface area (Å²) in [6, 6.07) is 3.89. The lowest BCUT2D eigenvalue weighted by Crippen LogP contribution is -2.22. The van der Waals surface area contributed by atoms with E-state index in [9.17, 15) is 8.78 Å². The lowest BCUT2D eigenvalue weighted by atomic mass is 10.1. The SMILES string of the molecule is Fc1cc(-c2nc(C3CC=CCCN3)c3sccc3n2)c(F)cc1Cl. The van der Waals surface area contributed by atoms with Crippen molar-refractivity contribution in [1.29, 1.82) is 0 Å². The van der Waals surface area contributed by atoms with Crippen LogP contribution >= 0.6 is 22.9 Å². The Hall–Kier alpha value is -1.89. The Morgan fingerprint density at radius 3 is 2.92 bits per heavy atom. The molecule has 128 valence electrons. The maximum absolute atomic E-state index is 14.3. The highest BCUT2D eigenvalue weighted by Crippen LogP contribution is 2.33. The quantitative estimate of drug-likeness (QED) is 0.488. The van der Waals surface area contributed by atoms with Crippen molar-refractivity contribution in [2.24, 2.45) is 0 Å². The van der Waals surface area contributed by atoms with Crippen molar-refractivity contribution in [3.8, 4) is 11.4 Å². The largest absolute Gasteiger partial charge is 0.308 e. The summed E-state index contributed by atoms with van der Waals surface area (Å²) in [5.74, 6) is -1.16. The Balaban J connectivity index is 1.88. The van der Waals surface area contributed by atoms with Gasteiger partial charge in [-0.1, -0.05) is 23.8 Å². The number of nitrogens with zero attached hydrogens (tertiary/aromatic N) is 2. The lowest BCUT2D eigenvalue weighted by Gasteiger charge is -2.16. The Morgan fingerprint density at radius 2 is 2.04 bits per heavy atom. The minimum atomic E-state index is -0.691. The van der Waals surface area contributed by atoms with Gasteiger partial charge >= 0.3 is 0 Å². The van der Waals surface area contributed by atoms with Crippen LogP contribution in [0.15, 0.2) is 35.7 Å². The van der Waals surface area contributed by atoms with Crippen molar-refractivity contribution in [3.05, 3.63) is 58.1 Å². The molecule has 3 nitrogen and oxygen atoms in total. The predicted molar refractivity (Wildman–Crippen MR) is 96.9 cm³/mol. The highest BCUT2D eigenvalue weighted by atomic mass is 35.5. The summed E-state index contributed by atoms with van der Waals surface area (Å²) in [6.07, 6.45) is 6.00. The normalized spacial score (nSPS) is 17.8. The zero-order valence-electron chi connectivity index (χ0n) is 13.1. The highest BCUT2D eigenvalue weighted by molar-refractivity contribution is 7.17. The Bertz CT molecular complexity index is 970. The molecule has 0 aliphatic carbocycles. The second kappa shape index (κ2) is 6.78. The molecule has 1 unspecified atom stereocenters. The van der Waals surface area contributed by atoms with Crippen LogP contribution in [0.2, 0.25) is 5.02 Å². The van der Waals surface area contributed by atoms with Crippen LogP contribution < -0.4 is 5.32 Å². The Kier molecular flexibility index (Phi) is 4.50. The van der Waals surface area contributed by atoms with Crippen molar-refractivity contribution in [1.82, 2.24) is 15.3 Å². The fourth-order valence-corrected chi connectivity index (χ4v) is 3.95. The van der Waals surface area contributed by atoms with Crippen molar-refractivity contribution < 1.29 is 8.78 Å². The van der Waals surface area contributed by atoms with E-state index in [0.29, 0.717) is 0 Å².